The molecule has 0 aliphatic rings. The highest BCUT2D eigenvalue weighted by Crippen LogP contribution is 2.23. The van der Waals surface area contributed by atoms with Gasteiger partial charge >= 0.3 is 0 Å². The van der Waals surface area contributed by atoms with Crippen molar-refractivity contribution in [1.29, 1.82) is 0 Å². The summed E-state index contributed by atoms with van der Waals surface area (Å²) in [6.07, 6.45) is 1.52. The van der Waals surface area contributed by atoms with E-state index in [1.54, 1.807) is 30.3 Å². The van der Waals surface area contributed by atoms with Crippen LogP contribution >= 0.6 is 0 Å². The molecular formula is C23H24N4O2. The van der Waals surface area contributed by atoms with E-state index in [1.807, 2.05) is 24.3 Å². The van der Waals surface area contributed by atoms with Gasteiger partial charge in [-0.15, -0.1) is 0 Å². The molecule has 0 saturated heterocycles. The fourth-order valence-electron chi connectivity index (χ4n) is 2.74. The largest absolute Gasteiger partial charge is 0.324 e. The first-order valence-electron chi connectivity index (χ1n) is 9.35. The summed E-state index contributed by atoms with van der Waals surface area (Å²) in [4.78, 5) is 32.5. The van der Waals surface area contributed by atoms with E-state index in [0.717, 1.165) is 0 Å². The molecule has 3 aromatic rings. The third-order valence-corrected chi connectivity index (χ3v) is 4.42. The van der Waals surface area contributed by atoms with E-state index in [-0.39, 0.29) is 28.7 Å². The van der Waals surface area contributed by atoms with Crippen molar-refractivity contribution in [3.63, 3.8) is 0 Å². The maximum Gasteiger partial charge on any atom is 0.274 e. The number of anilines is 3. The van der Waals surface area contributed by atoms with E-state index >= 15 is 0 Å². The fourth-order valence-corrected chi connectivity index (χ4v) is 2.74. The number of ketones is 1. The monoisotopic (exact) mass is 388 g/mol. The number of aromatic nitrogens is 2. The lowest BCUT2D eigenvalue weighted by Gasteiger charge is -2.19. The molecular weight excluding hydrogens is 364 g/mol. The predicted molar refractivity (Wildman–Crippen MR) is 115 cm³/mol. The van der Waals surface area contributed by atoms with Crippen molar-refractivity contribution < 1.29 is 9.59 Å². The molecule has 0 bridgehead atoms. The second kappa shape index (κ2) is 8.22. The number of hydrogen-bond donors (Lipinski definition) is 2. The van der Waals surface area contributed by atoms with Crippen LogP contribution in [-0.2, 0) is 5.41 Å². The number of nitrogens with one attached hydrogen (secondary N) is 2. The van der Waals surface area contributed by atoms with Gasteiger partial charge in [0.15, 0.2) is 5.78 Å². The Kier molecular flexibility index (Phi) is 5.73. The van der Waals surface area contributed by atoms with Crippen LogP contribution < -0.4 is 10.6 Å². The van der Waals surface area contributed by atoms with E-state index in [1.165, 1.54) is 18.7 Å². The van der Waals surface area contributed by atoms with Crippen molar-refractivity contribution in [2.75, 3.05) is 10.6 Å². The highest BCUT2D eigenvalue weighted by atomic mass is 16.2. The zero-order valence-electron chi connectivity index (χ0n) is 17.0. The Balaban J connectivity index is 1.72. The van der Waals surface area contributed by atoms with Gasteiger partial charge < -0.3 is 10.6 Å². The van der Waals surface area contributed by atoms with Crippen molar-refractivity contribution in [1.82, 2.24) is 9.97 Å². The topological polar surface area (TPSA) is 84.0 Å². The molecule has 1 aromatic heterocycles. The third kappa shape index (κ3) is 5.25. The van der Waals surface area contributed by atoms with Crippen molar-refractivity contribution in [3.8, 4) is 0 Å². The van der Waals surface area contributed by atoms with E-state index in [2.05, 4.69) is 41.4 Å². The van der Waals surface area contributed by atoms with Crippen LogP contribution in [0.15, 0.2) is 60.8 Å². The molecule has 6 heteroatoms. The summed E-state index contributed by atoms with van der Waals surface area (Å²) in [6, 6.07) is 16.4. The highest BCUT2D eigenvalue weighted by molar-refractivity contribution is 6.03. The molecule has 0 atom stereocenters. The quantitative estimate of drug-likeness (QED) is 0.603. The number of rotatable bonds is 5. The van der Waals surface area contributed by atoms with Gasteiger partial charge in [0, 0.05) is 23.1 Å². The fraction of sp³-hybridized carbons (Fsp3) is 0.217. The minimum atomic E-state index is -0.323. The minimum Gasteiger partial charge on any atom is -0.324 e. The van der Waals surface area contributed by atoms with Gasteiger partial charge in [0.2, 0.25) is 5.95 Å². The summed E-state index contributed by atoms with van der Waals surface area (Å²) in [5, 5.41) is 5.88. The molecule has 0 unspecified atom stereocenters. The van der Waals surface area contributed by atoms with Gasteiger partial charge in [0.25, 0.3) is 5.91 Å². The summed E-state index contributed by atoms with van der Waals surface area (Å²) in [6.45, 7) is 7.93. The Morgan fingerprint density at radius 2 is 1.66 bits per heavy atom. The molecule has 0 spiro atoms. The summed E-state index contributed by atoms with van der Waals surface area (Å²) >= 11 is 0. The predicted octanol–water partition coefficient (Wildman–Crippen LogP) is 4.97. The lowest BCUT2D eigenvalue weighted by Crippen LogP contribution is -2.15. The third-order valence-electron chi connectivity index (χ3n) is 4.42. The standard InChI is InChI=1S/C23H24N4O2/c1-15(28)16-6-5-7-19(14-16)26-22-24-13-12-20(27-22)21(29)25-18-10-8-17(9-11-18)23(2,3)4/h5-14H,1-4H3,(H,25,29)(H,24,26,27). The van der Waals surface area contributed by atoms with Crippen LogP contribution in [0.25, 0.3) is 0 Å². The number of carbonyl (C=O) groups is 2. The number of amides is 1. The molecule has 1 heterocycles. The zero-order chi connectivity index (χ0) is 21.0. The van der Waals surface area contributed by atoms with Crippen molar-refractivity contribution in [3.05, 3.63) is 77.6 Å². The molecule has 29 heavy (non-hydrogen) atoms. The molecule has 0 saturated carbocycles. The molecule has 0 aliphatic carbocycles. The van der Waals surface area contributed by atoms with E-state index in [9.17, 15) is 9.59 Å². The highest BCUT2D eigenvalue weighted by Gasteiger charge is 2.14. The number of nitrogens with zero attached hydrogens (tertiary/aromatic N) is 2. The van der Waals surface area contributed by atoms with Crippen LogP contribution in [0.3, 0.4) is 0 Å². The molecule has 3 rings (SSSR count). The Hall–Kier alpha value is -3.54. The Bertz CT molecular complexity index is 1040. The summed E-state index contributed by atoms with van der Waals surface area (Å²) < 4.78 is 0. The normalized spacial score (nSPS) is 11.0. The average molecular weight is 388 g/mol. The summed E-state index contributed by atoms with van der Waals surface area (Å²) in [5.74, 6) is -0.0712. The first-order chi connectivity index (χ1) is 13.7. The van der Waals surface area contributed by atoms with Gasteiger partial charge in [-0.3, -0.25) is 9.59 Å². The Morgan fingerprint density at radius 3 is 2.31 bits per heavy atom. The first-order valence-corrected chi connectivity index (χ1v) is 9.35. The van der Waals surface area contributed by atoms with Gasteiger partial charge in [-0.25, -0.2) is 9.97 Å². The Morgan fingerprint density at radius 1 is 0.931 bits per heavy atom. The van der Waals surface area contributed by atoms with Crippen LogP contribution in [0.1, 0.15) is 54.1 Å². The van der Waals surface area contributed by atoms with E-state index in [4.69, 9.17) is 0 Å². The number of Topliss-reactive ketones (excluding diaryl/α,β-unsaturated/α-hetero) is 1. The number of carbonyl (C=O) groups excluding carboxylic acids is 2. The van der Waals surface area contributed by atoms with Crippen molar-refractivity contribution in [2.24, 2.45) is 0 Å². The SMILES string of the molecule is CC(=O)c1cccc(Nc2nccc(C(=O)Nc3ccc(C(C)(C)C)cc3)n2)c1. The minimum absolute atomic E-state index is 0.0276. The molecule has 2 N–H and O–H groups in total. The maximum atomic E-state index is 12.6. The van der Waals surface area contributed by atoms with Gasteiger partial charge in [-0.05, 0) is 48.2 Å². The van der Waals surface area contributed by atoms with E-state index < -0.39 is 0 Å². The van der Waals surface area contributed by atoms with Crippen LogP contribution in [0.2, 0.25) is 0 Å². The van der Waals surface area contributed by atoms with Crippen LogP contribution in [-0.4, -0.2) is 21.7 Å². The molecule has 148 valence electrons. The molecule has 2 aromatic carbocycles. The second-order valence-electron chi connectivity index (χ2n) is 7.81. The van der Waals surface area contributed by atoms with Crippen LogP contribution in [0, 0.1) is 0 Å². The maximum absolute atomic E-state index is 12.6. The zero-order valence-corrected chi connectivity index (χ0v) is 17.0. The lowest BCUT2D eigenvalue weighted by atomic mass is 9.87. The molecule has 0 aliphatic heterocycles. The van der Waals surface area contributed by atoms with Crippen molar-refractivity contribution >= 4 is 29.0 Å². The second-order valence-corrected chi connectivity index (χ2v) is 7.81. The van der Waals surface area contributed by atoms with Crippen LogP contribution in [0.4, 0.5) is 17.3 Å². The van der Waals surface area contributed by atoms with Crippen molar-refractivity contribution in [2.45, 2.75) is 33.1 Å². The smallest absolute Gasteiger partial charge is 0.274 e. The van der Waals surface area contributed by atoms with Gasteiger partial charge in [0.05, 0.1) is 0 Å². The molecule has 0 fully saturated rings. The molecule has 1 amide bonds. The Labute approximate surface area is 170 Å². The molecule has 0 radical (unpaired) electrons. The summed E-state index contributed by atoms with van der Waals surface area (Å²) in [7, 11) is 0. The average Bonchev–Trinajstić information content (AvgIpc) is 2.68. The first kappa shape index (κ1) is 20.2. The number of hydrogen-bond acceptors (Lipinski definition) is 5. The summed E-state index contributed by atoms with van der Waals surface area (Å²) in [5.41, 5.74) is 3.44. The van der Waals surface area contributed by atoms with Gasteiger partial charge in [0.1, 0.15) is 5.69 Å². The van der Waals surface area contributed by atoms with Gasteiger partial charge in [-0.1, -0.05) is 45.0 Å². The van der Waals surface area contributed by atoms with E-state index in [0.29, 0.717) is 16.9 Å². The van der Waals surface area contributed by atoms with Gasteiger partial charge in [-0.2, -0.15) is 0 Å². The van der Waals surface area contributed by atoms with Crippen LogP contribution in [0.5, 0.6) is 0 Å². The number of benzene rings is 2. The molecule has 6 nitrogen and oxygen atoms in total. The lowest BCUT2D eigenvalue weighted by molar-refractivity contribution is 0.101.